The molecule has 0 saturated carbocycles. The van der Waals surface area contributed by atoms with Gasteiger partial charge in [-0.1, -0.05) is 30.3 Å². The zero-order valence-corrected chi connectivity index (χ0v) is 13.9. The number of carbonyl (C=O) groups excluding carboxylic acids is 3. The number of β-lactam (4-membered cyclic amide) rings is 1. The van der Waals surface area contributed by atoms with Gasteiger partial charge in [0, 0.05) is 10.3 Å². The Labute approximate surface area is 142 Å². The van der Waals surface area contributed by atoms with Gasteiger partial charge in [0.05, 0.1) is 0 Å². The van der Waals surface area contributed by atoms with E-state index in [1.165, 1.54) is 28.8 Å². The van der Waals surface area contributed by atoms with Crippen LogP contribution in [0.2, 0.25) is 0 Å². The molecule has 1 aromatic carbocycles. The lowest BCUT2D eigenvalue weighted by Crippen LogP contribution is -2.71. The second-order valence-corrected chi connectivity index (χ2v) is 8.02. The van der Waals surface area contributed by atoms with E-state index in [1.807, 2.05) is 0 Å². The molecule has 0 aromatic heterocycles. The van der Waals surface area contributed by atoms with Gasteiger partial charge in [0.2, 0.25) is 11.7 Å². The van der Waals surface area contributed by atoms with Gasteiger partial charge in [0.15, 0.2) is 0 Å². The highest BCUT2D eigenvalue weighted by molar-refractivity contribution is 8.01. The number of benzene rings is 1. The molecule has 126 valence electrons. The lowest BCUT2D eigenvalue weighted by atomic mass is 9.96. The molecule has 0 aliphatic carbocycles. The molecule has 2 fully saturated rings. The summed E-state index contributed by atoms with van der Waals surface area (Å²) in [4.78, 5) is 49.1. The van der Waals surface area contributed by atoms with Crippen molar-refractivity contribution < 1.29 is 24.3 Å². The summed E-state index contributed by atoms with van der Waals surface area (Å²) in [5.74, 6) is -3.14. The zero-order chi connectivity index (χ0) is 17.6. The van der Waals surface area contributed by atoms with Gasteiger partial charge in [-0.3, -0.25) is 14.4 Å². The molecule has 3 unspecified atom stereocenters. The summed E-state index contributed by atoms with van der Waals surface area (Å²) < 4.78 is -0.672. The number of Topliss-reactive ketones (excluding diaryl/α,β-unsaturated/α-hetero) is 1. The first kappa shape index (κ1) is 16.5. The molecule has 0 radical (unpaired) electrons. The Balaban J connectivity index is 1.72. The summed E-state index contributed by atoms with van der Waals surface area (Å²) in [5, 5.41) is 11.3. The van der Waals surface area contributed by atoms with E-state index in [0.29, 0.717) is 0 Å². The number of nitrogens with one attached hydrogen (secondary N) is 1. The van der Waals surface area contributed by atoms with Gasteiger partial charge in [0.1, 0.15) is 17.5 Å². The molecule has 0 spiro atoms. The number of carboxylic acid groups (broad SMARTS) is 1. The highest BCUT2D eigenvalue weighted by Gasteiger charge is 2.64. The van der Waals surface area contributed by atoms with Crippen LogP contribution in [0.25, 0.3) is 0 Å². The van der Waals surface area contributed by atoms with Crippen molar-refractivity contribution in [2.75, 3.05) is 0 Å². The number of fused-ring (bicyclic) bond motifs is 1. The van der Waals surface area contributed by atoms with E-state index in [0.717, 1.165) is 0 Å². The fourth-order valence-corrected chi connectivity index (χ4v) is 4.70. The Morgan fingerprint density at radius 1 is 1.21 bits per heavy atom. The Morgan fingerprint density at radius 2 is 1.83 bits per heavy atom. The quantitative estimate of drug-likeness (QED) is 0.467. The number of hydrogen-bond donors (Lipinski definition) is 2. The van der Waals surface area contributed by atoms with Crippen LogP contribution in [0, 0.1) is 0 Å². The maximum absolute atomic E-state index is 12.3. The van der Waals surface area contributed by atoms with Crippen molar-refractivity contribution >= 4 is 35.3 Å². The number of aliphatic carboxylic acids is 1. The smallest absolute Gasteiger partial charge is 0.327 e. The van der Waals surface area contributed by atoms with Crippen LogP contribution in [0.15, 0.2) is 30.3 Å². The van der Waals surface area contributed by atoms with E-state index in [2.05, 4.69) is 5.32 Å². The lowest BCUT2D eigenvalue weighted by Gasteiger charge is -2.43. The number of carboxylic acids is 1. The van der Waals surface area contributed by atoms with E-state index < -0.39 is 45.8 Å². The number of nitrogens with zero attached hydrogens (tertiary/aromatic N) is 1. The molecule has 3 atom stereocenters. The van der Waals surface area contributed by atoms with Crippen molar-refractivity contribution in [3.8, 4) is 0 Å². The highest BCUT2D eigenvalue weighted by Crippen LogP contribution is 2.50. The van der Waals surface area contributed by atoms with E-state index in [4.69, 9.17) is 0 Å². The number of thioether (sulfide) groups is 1. The third-order valence-electron chi connectivity index (χ3n) is 4.20. The fraction of sp³-hybridized carbons (Fsp3) is 0.375. The number of ketones is 1. The van der Waals surface area contributed by atoms with E-state index in [1.54, 1.807) is 32.0 Å². The molecule has 1 aromatic rings. The molecule has 0 bridgehead atoms. The van der Waals surface area contributed by atoms with Crippen LogP contribution in [0.4, 0.5) is 0 Å². The summed E-state index contributed by atoms with van der Waals surface area (Å²) in [6.07, 6.45) is 0. The maximum atomic E-state index is 12.3. The molecule has 2 aliphatic heterocycles. The number of hydrogen-bond acceptors (Lipinski definition) is 5. The average Bonchev–Trinajstić information content (AvgIpc) is 2.80. The fourth-order valence-electron chi connectivity index (χ4n) is 3.07. The molecule has 2 saturated heterocycles. The third kappa shape index (κ3) is 2.47. The molecule has 7 nitrogen and oxygen atoms in total. The Bertz CT molecular complexity index is 733. The molecule has 2 heterocycles. The highest BCUT2D eigenvalue weighted by atomic mass is 32.2. The van der Waals surface area contributed by atoms with Crippen molar-refractivity contribution in [2.24, 2.45) is 0 Å². The number of carbonyl (C=O) groups is 4. The first-order chi connectivity index (χ1) is 11.2. The zero-order valence-electron chi connectivity index (χ0n) is 13.1. The van der Waals surface area contributed by atoms with Crippen molar-refractivity contribution in [1.82, 2.24) is 10.2 Å². The molecule has 24 heavy (non-hydrogen) atoms. The number of amides is 2. The van der Waals surface area contributed by atoms with E-state index in [-0.39, 0.29) is 5.56 Å². The van der Waals surface area contributed by atoms with Gasteiger partial charge in [-0.05, 0) is 13.8 Å². The SMILES string of the molecule is CC1(C)SC2C(NC(=O)C(=O)c3ccccc3)C(=O)N2C1C(=O)O. The van der Waals surface area contributed by atoms with Crippen LogP contribution in [-0.4, -0.2) is 55.8 Å². The van der Waals surface area contributed by atoms with Crippen LogP contribution in [0.1, 0.15) is 24.2 Å². The van der Waals surface area contributed by atoms with Gasteiger partial charge < -0.3 is 15.3 Å². The molecular weight excluding hydrogens is 332 g/mol. The summed E-state index contributed by atoms with van der Waals surface area (Å²) in [6, 6.07) is 6.23. The molecule has 2 amide bonds. The summed E-state index contributed by atoms with van der Waals surface area (Å²) in [7, 11) is 0. The predicted molar refractivity (Wildman–Crippen MR) is 86.4 cm³/mol. The van der Waals surface area contributed by atoms with Crippen molar-refractivity contribution in [1.29, 1.82) is 0 Å². The van der Waals surface area contributed by atoms with Crippen molar-refractivity contribution in [3.63, 3.8) is 0 Å². The van der Waals surface area contributed by atoms with Crippen LogP contribution in [0.5, 0.6) is 0 Å². The Hall–Kier alpha value is -2.35. The lowest BCUT2D eigenvalue weighted by molar-refractivity contribution is -0.160. The largest absolute Gasteiger partial charge is 0.480 e. The monoisotopic (exact) mass is 348 g/mol. The van der Waals surface area contributed by atoms with E-state index in [9.17, 15) is 24.3 Å². The Kier molecular flexibility index (Phi) is 3.87. The van der Waals surface area contributed by atoms with Crippen LogP contribution in [0.3, 0.4) is 0 Å². The minimum absolute atomic E-state index is 0.237. The van der Waals surface area contributed by atoms with E-state index >= 15 is 0 Å². The minimum atomic E-state index is -1.08. The summed E-state index contributed by atoms with van der Waals surface area (Å²) in [6.45, 7) is 3.49. The molecular formula is C16H16N2O5S. The van der Waals surface area contributed by atoms with Crippen LogP contribution < -0.4 is 5.32 Å². The van der Waals surface area contributed by atoms with Crippen LogP contribution in [-0.2, 0) is 14.4 Å². The van der Waals surface area contributed by atoms with Crippen LogP contribution >= 0.6 is 11.8 Å². The summed E-state index contributed by atoms with van der Waals surface area (Å²) in [5.41, 5.74) is 0.237. The van der Waals surface area contributed by atoms with Crippen molar-refractivity contribution in [2.45, 2.75) is 36.1 Å². The maximum Gasteiger partial charge on any atom is 0.327 e. The first-order valence-corrected chi connectivity index (χ1v) is 8.25. The number of rotatable bonds is 4. The second-order valence-electron chi connectivity index (χ2n) is 6.24. The second kappa shape index (κ2) is 5.62. The average molecular weight is 348 g/mol. The minimum Gasteiger partial charge on any atom is -0.480 e. The first-order valence-electron chi connectivity index (χ1n) is 7.37. The Morgan fingerprint density at radius 3 is 2.42 bits per heavy atom. The van der Waals surface area contributed by atoms with Gasteiger partial charge in [-0.15, -0.1) is 11.8 Å². The molecule has 8 heteroatoms. The molecule has 3 rings (SSSR count). The predicted octanol–water partition coefficient (Wildman–Crippen LogP) is 0.501. The van der Waals surface area contributed by atoms with Gasteiger partial charge in [-0.25, -0.2) is 4.79 Å². The third-order valence-corrected chi connectivity index (χ3v) is 5.78. The standard InChI is InChI=1S/C16H16N2O5S/c1-16(2)11(15(22)23)18-13(21)9(14(18)24-16)17-12(20)10(19)8-6-4-3-5-7-8/h3-7,9,11,14H,1-2H3,(H,17,20)(H,22,23). The van der Waals surface area contributed by atoms with Gasteiger partial charge >= 0.3 is 5.97 Å². The summed E-state index contributed by atoms with van der Waals surface area (Å²) >= 11 is 1.31. The topological polar surface area (TPSA) is 104 Å². The van der Waals surface area contributed by atoms with Gasteiger partial charge in [0.25, 0.3) is 5.91 Å². The van der Waals surface area contributed by atoms with Crippen molar-refractivity contribution in [3.05, 3.63) is 35.9 Å². The normalized spacial score (nSPS) is 27.2. The molecule has 2 aliphatic rings. The molecule has 2 N–H and O–H groups in total. The van der Waals surface area contributed by atoms with Gasteiger partial charge in [-0.2, -0.15) is 0 Å².